The van der Waals surface area contributed by atoms with Crippen molar-refractivity contribution in [2.45, 2.75) is 12.5 Å². The Labute approximate surface area is 224 Å². The maximum Gasteiger partial charge on any atom is 0.327 e. The first-order valence-electron chi connectivity index (χ1n) is 11.4. The van der Waals surface area contributed by atoms with Crippen LogP contribution in [0.2, 0.25) is 0 Å². The van der Waals surface area contributed by atoms with Crippen LogP contribution >= 0.6 is 24.0 Å². The van der Waals surface area contributed by atoms with E-state index < -0.39 is 17.9 Å². The molecule has 1 unspecified atom stereocenters. The summed E-state index contributed by atoms with van der Waals surface area (Å²) in [4.78, 5) is 39.0. The molecule has 1 aliphatic rings. The Hall–Kier alpha value is -4.01. The number of methoxy groups -OCH3 is 1. The molecule has 1 aliphatic heterocycles. The van der Waals surface area contributed by atoms with Crippen LogP contribution in [0.4, 0.5) is 0 Å². The van der Waals surface area contributed by atoms with Crippen LogP contribution in [0.1, 0.15) is 27.0 Å². The lowest BCUT2D eigenvalue weighted by molar-refractivity contribution is -0.145. The second-order valence-electron chi connectivity index (χ2n) is 8.19. The Morgan fingerprint density at radius 2 is 1.65 bits per heavy atom. The number of thioether (sulfide) groups is 1. The monoisotopic (exact) mass is 529 g/mol. The number of hydrogen-bond acceptors (Lipinski definition) is 6. The number of hydrogen-bond donors (Lipinski definition) is 1. The predicted octanol–water partition coefficient (Wildman–Crippen LogP) is 5.49. The lowest BCUT2D eigenvalue weighted by Crippen LogP contribution is -2.45. The standard InChI is InChI=1S/C29H23NO5S2/c1-35-23-14-12-22(13-15-23)25(31)16-11-19-7-9-21(10-8-19)18-26-27(32)30(29(36)37-26)24(28(33)34)17-20-5-3-2-4-6-20/h2-16,18,24H,17H2,1H3,(H,33,34)/b16-11+,26-18-. The van der Waals surface area contributed by atoms with Gasteiger partial charge in [-0.25, -0.2) is 4.79 Å². The van der Waals surface area contributed by atoms with Crippen molar-refractivity contribution in [3.8, 4) is 5.75 Å². The minimum atomic E-state index is -1.11. The zero-order chi connectivity index (χ0) is 26.4. The highest BCUT2D eigenvalue weighted by molar-refractivity contribution is 8.26. The van der Waals surface area contributed by atoms with Crippen LogP contribution in [0.5, 0.6) is 5.75 Å². The third-order valence-corrected chi connectivity index (χ3v) is 7.06. The number of amides is 1. The number of allylic oxidation sites excluding steroid dienone is 1. The van der Waals surface area contributed by atoms with Gasteiger partial charge in [0.2, 0.25) is 0 Å². The van der Waals surface area contributed by atoms with E-state index in [9.17, 15) is 19.5 Å². The van der Waals surface area contributed by atoms with Crippen molar-refractivity contribution in [3.05, 3.63) is 112 Å². The molecule has 1 N–H and O–H groups in total. The summed E-state index contributed by atoms with van der Waals surface area (Å²) in [6.45, 7) is 0. The number of carbonyl (C=O) groups is 3. The van der Waals surface area contributed by atoms with Crippen LogP contribution in [0.3, 0.4) is 0 Å². The first-order chi connectivity index (χ1) is 17.9. The van der Waals surface area contributed by atoms with E-state index in [1.165, 1.54) is 11.0 Å². The molecule has 1 atom stereocenters. The summed E-state index contributed by atoms with van der Waals surface area (Å²) >= 11 is 6.46. The first-order valence-corrected chi connectivity index (χ1v) is 12.6. The summed E-state index contributed by atoms with van der Waals surface area (Å²) in [7, 11) is 1.57. The van der Waals surface area contributed by atoms with Crippen molar-refractivity contribution >= 4 is 58.1 Å². The van der Waals surface area contributed by atoms with Gasteiger partial charge >= 0.3 is 5.97 Å². The summed E-state index contributed by atoms with van der Waals surface area (Å²) in [5, 5.41) is 9.80. The SMILES string of the molecule is COc1ccc(C(=O)/C=C/c2ccc(/C=C3\SC(=S)N(C(Cc4ccccc4)C(=O)O)C3=O)cc2)cc1. The third-order valence-electron chi connectivity index (χ3n) is 5.73. The molecule has 1 fully saturated rings. The maximum absolute atomic E-state index is 13.1. The molecule has 0 aromatic heterocycles. The van der Waals surface area contributed by atoms with E-state index in [4.69, 9.17) is 17.0 Å². The van der Waals surface area contributed by atoms with Gasteiger partial charge in [-0.05, 0) is 53.1 Å². The number of carboxylic acid groups (broad SMARTS) is 1. The molecular formula is C29H23NO5S2. The van der Waals surface area contributed by atoms with Crippen molar-refractivity contribution in [1.82, 2.24) is 4.90 Å². The fourth-order valence-electron chi connectivity index (χ4n) is 3.75. The van der Waals surface area contributed by atoms with Gasteiger partial charge in [0.25, 0.3) is 5.91 Å². The van der Waals surface area contributed by atoms with Crippen LogP contribution in [-0.4, -0.2) is 45.1 Å². The van der Waals surface area contributed by atoms with Gasteiger partial charge < -0.3 is 9.84 Å². The Kier molecular flexibility index (Phi) is 8.32. The molecule has 0 radical (unpaired) electrons. The van der Waals surface area contributed by atoms with Gasteiger partial charge in [0.1, 0.15) is 16.1 Å². The number of rotatable bonds is 9. The van der Waals surface area contributed by atoms with Crippen molar-refractivity contribution < 1.29 is 24.2 Å². The van der Waals surface area contributed by atoms with Crippen LogP contribution in [0, 0.1) is 0 Å². The minimum absolute atomic E-state index is 0.126. The number of benzene rings is 3. The molecule has 6 nitrogen and oxygen atoms in total. The van der Waals surface area contributed by atoms with E-state index in [0.717, 1.165) is 28.5 Å². The zero-order valence-electron chi connectivity index (χ0n) is 19.9. The first kappa shape index (κ1) is 26.1. The average molecular weight is 530 g/mol. The summed E-state index contributed by atoms with van der Waals surface area (Å²) in [6, 6.07) is 22.3. The number of ketones is 1. The van der Waals surface area contributed by atoms with Crippen molar-refractivity contribution in [1.29, 1.82) is 0 Å². The molecule has 8 heteroatoms. The highest BCUT2D eigenvalue weighted by Gasteiger charge is 2.40. The molecule has 3 aromatic rings. The average Bonchev–Trinajstić information content (AvgIpc) is 3.19. The molecule has 0 aliphatic carbocycles. The summed E-state index contributed by atoms with van der Waals surface area (Å²) in [6.07, 6.45) is 5.07. The highest BCUT2D eigenvalue weighted by atomic mass is 32.2. The molecule has 0 spiro atoms. The Bertz CT molecular complexity index is 1380. The topological polar surface area (TPSA) is 83.9 Å². The van der Waals surface area contributed by atoms with Crippen molar-refractivity contribution in [3.63, 3.8) is 0 Å². The molecule has 37 heavy (non-hydrogen) atoms. The van der Waals surface area contributed by atoms with Gasteiger partial charge in [0, 0.05) is 12.0 Å². The number of ether oxygens (including phenoxy) is 1. The fourth-order valence-corrected chi connectivity index (χ4v) is 5.11. The number of thiocarbonyl (C=S) groups is 1. The highest BCUT2D eigenvalue weighted by Crippen LogP contribution is 2.34. The lowest BCUT2D eigenvalue weighted by atomic mass is 10.0. The van der Waals surface area contributed by atoms with Crippen molar-refractivity contribution in [2.24, 2.45) is 0 Å². The van der Waals surface area contributed by atoms with Crippen molar-refractivity contribution in [2.75, 3.05) is 7.11 Å². The Morgan fingerprint density at radius 3 is 2.27 bits per heavy atom. The van der Waals surface area contributed by atoms with E-state index >= 15 is 0 Å². The summed E-state index contributed by atoms with van der Waals surface area (Å²) in [5.74, 6) is -0.976. The van der Waals surface area contributed by atoms with E-state index in [1.54, 1.807) is 43.5 Å². The van der Waals surface area contributed by atoms with Crippen LogP contribution in [0.15, 0.2) is 89.8 Å². The maximum atomic E-state index is 13.1. The molecule has 3 aromatic carbocycles. The smallest absolute Gasteiger partial charge is 0.327 e. The molecular weight excluding hydrogens is 506 g/mol. The fraction of sp³-hybridized carbons (Fsp3) is 0.103. The summed E-state index contributed by atoms with van der Waals surface area (Å²) in [5.41, 5.74) is 2.94. The number of carbonyl (C=O) groups excluding carboxylic acids is 2. The second kappa shape index (κ2) is 11.8. The van der Waals surface area contributed by atoms with E-state index in [1.807, 2.05) is 54.6 Å². The Morgan fingerprint density at radius 1 is 1.00 bits per heavy atom. The number of carboxylic acids is 1. The van der Waals surface area contributed by atoms with Gasteiger partial charge in [-0.3, -0.25) is 14.5 Å². The third kappa shape index (κ3) is 6.41. The molecule has 4 rings (SSSR count). The van der Waals surface area contributed by atoms with Gasteiger partial charge in [-0.2, -0.15) is 0 Å². The van der Waals surface area contributed by atoms with Gasteiger partial charge in [0.15, 0.2) is 5.78 Å². The molecule has 1 heterocycles. The quantitative estimate of drug-likeness (QED) is 0.223. The lowest BCUT2D eigenvalue weighted by Gasteiger charge is -2.23. The van der Waals surface area contributed by atoms with E-state index in [2.05, 4.69) is 0 Å². The molecule has 0 saturated carbocycles. The van der Waals surface area contributed by atoms with E-state index in [0.29, 0.717) is 16.2 Å². The molecule has 0 bridgehead atoms. The zero-order valence-corrected chi connectivity index (χ0v) is 21.5. The second-order valence-corrected chi connectivity index (χ2v) is 9.86. The van der Waals surface area contributed by atoms with E-state index in [-0.39, 0.29) is 16.5 Å². The van der Waals surface area contributed by atoms with Crippen LogP contribution in [-0.2, 0) is 16.0 Å². The Balaban J connectivity index is 1.45. The van der Waals surface area contributed by atoms with Gasteiger partial charge in [0.05, 0.1) is 12.0 Å². The van der Waals surface area contributed by atoms with Crippen LogP contribution < -0.4 is 4.74 Å². The predicted molar refractivity (Wildman–Crippen MR) is 149 cm³/mol. The summed E-state index contributed by atoms with van der Waals surface area (Å²) < 4.78 is 5.33. The minimum Gasteiger partial charge on any atom is -0.497 e. The molecule has 1 saturated heterocycles. The molecule has 186 valence electrons. The van der Waals surface area contributed by atoms with Crippen LogP contribution in [0.25, 0.3) is 12.2 Å². The largest absolute Gasteiger partial charge is 0.497 e. The van der Waals surface area contributed by atoms with Gasteiger partial charge in [-0.1, -0.05) is 84.7 Å². The van der Waals surface area contributed by atoms with Gasteiger partial charge in [-0.15, -0.1) is 0 Å². The normalized spacial score (nSPS) is 15.4. The molecule has 1 amide bonds. The number of nitrogens with zero attached hydrogens (tertiary/aromatic N) is 1. The number of aliphatic carboxylic acids is 1.